The van der Waals surface area contributed by atoms with Crippen LogP contribution in [0.15, 0.2) is 31.0 Å². The maximum atomic E-state index is 12.2. The van der Waals surface area contributed by atoms with Crippen molar-refractivity contribution in [2.75, 3.05) is 13.7 Å². The van der Waals surface area contributed by atoms with E-state index in [-0.39, 0.29) is 11.6 Å². The zero-order valence-corrected chi connectivity index (χ0v) is 12.4. The molecule has 2 rings (SSSR count). The van der Waals surface area contributed by atoms with Crippen LogP contribution in [0, 0.1) is 5.92 Å². The molecular weight excluding hydrogens is 270 g/mol. The Morgan fingerprint density at radius 3 is 2.86 bits per heavy atom. The number of hydrogen-bond donors (Lipinski definition) is 0. The van der Waals surface area contributed by atoms with Gasteiger partial charge < -0.3 is 9.47 Å². The fourth-order valence-electron chi connectivity index (χ4n) is 1.67. The normalized spacial score (nSPS) is 12.0. The van der Waals surface area contributed by atoms with Crippen molar-refractivity contribution in [3.05, 3.63) is 36.7 Å². The molecule has 0 saturated carbocycles. The highest BCUT2D eigenvalue weighted by Crippen LogP contribution is 2.27. The first kappa shape index (κ1) is 15.0. The summed E-state index contributed by atoms with van der Waals surface area (Å²) in [6, 6.07) is 1.60. The van der Waals surface area contributed by atoms with E-state index in [2.05, 4.69) is 23.8 Å². The number of aromatic nitrogens is 3. The maximum Gasteiger partial charge on any atom is 0.281 e. The highest BCUT2D eigenvalue weighted by Gasteiger charge is 2.14. The van der Waals surface area contributed by atoms with Gasteiger partial charge in [0.1, 0.15) is 12.0 Å². The Morgan fingerprint density at radius 1 is 1.43 bits per heavy atom. The summed E-state index contributed by atoms with van der Waals surface area (Å²) >= 11 is 0. The van der Waals surface area contributed by atoms with Crippen LogP contribution in [-0.4, -0.2) is 34.2 Å². The highest BCUT2D eigenvalue weighted by atomic mass is 16.5. The Balaban J connectivity index is 2.22. The third-order valence-corrected chi connectivity index (χ3v) is 3.23. The van der Waals surface area contributed by atoms with E-state index in [1.54, 1.807) is 25.6 Å². The van der Waals surface area contributed by atoms with E-state index in [4.69, 9.17) is 9.47 Å². The van der Waals surface area contributed by atoms with E-state index in [1.807, 2.05) is 0 Å². The second kappa shape index (κ2) is 6.88. The molecule has 2 aromatic rings. The van der Waals surface area contributed by atoms with Crippen molar-refractivity contribution < 1.29 is 14.3 Å². The molecule has 0 N–H and O–H groups in total. The number of nitrogens with zero attached hydrogens (tertiary/aromatic N) is 3. The minimum Gasteiger partial charge on any atom is -0.491 e. The van der Waals surface area contributed by atoms with Crippen LogP contribution in [0.2, 0.25) is 0 Å². The molecule has 0 aliphatic carbocycles. The lowest BCUT2D eigenvalue weighted by molar-refractivity contribution is 0.0954. The number of pyridine rings is 1. The fraction of sp³-hybridized carbons (Fsp3) is 0.400. The summed E-state index contributed by atoms with van der Waals surface area (Å²) in [5.74, 6) is 1.20. The second-order valence-corrected chi connectivity index (χ2v) is 4.82. The van der Waals surface area contributed by atoms with Crippen LogP contribution in [0.25, 0.3) is 0 Å². The molecular formula is C15H19N3O3. The smallest absolute Gasteiger partial charge is 0.281 e. The van der Waals surface area contributed by atoms with Crippen LogP contribution in [-0.2, 0) is 0 Å². The van der Waals surface area contributed by atoms with Crippen LogP contribution in [0.1, 0.15) is 30.8 Å². The van der Waals surface area contributed by atoms with Crippen LogP contribution in [0.5, 0.6) is 11.5 Å². The number of ether oxygens (including phenoxy) is 2. The molecule has 0 amide bonds. The summed E-state index contributed by atoms with van der Waals surface area (Å²) in [4.78, 5) is 20.2. The molecule has 0 fully saturated rings. The van der Waals surface area contributed by atoms with Crippen molar-refractivity contribution in [1.29, 1.82) is 0 Å². The topological polar surface area (TPSA) is 66.2 Å². The van der Waals surface area contributed by atoms with Crippen LogP contribution < -0.4 is 9.47 Å². The van der Waals surface area contributed by atoms with E-state index in [0.717, 1.165) is 6.42 Å². The molecule has 112 valence electrons. The quantitative estimate of drug-likeness (QED) is 0.817. The summed E-state index contributed by atoms with van der Waals surface area (Å²) in [5, 5.41) is 0. The lowest BCUT2D eigenvalue weighted by Gasteiger charge is -2.14. The summed E-state index contributed by atoms with van der Waals surface area (Å²) in [5.41, 5.74) is 0.285. The van der Waals surface area contributed by atoms with Gasteiger partial charge in [-0.25, -0.2) is 9.97 Å². The first-order valence-electron chi connectivity index (χ1n) is 6.85. The first-order valence-corrected chi connectivity index (χ1v) is 6.85. The minimum atomic E-state index is -0.261. The maximum absolute atomic E-state index is 12.2. The van der Waals surface area contributed by atoms with Crippen molar-refractivity contribution >= 4 is 5.91 Å². The summed E-state index contributed by atoms with van der Waals surface area (Å²) in [6.45, 7) is 4.77. The number of rotatable bonds is 6. The van der Waals surface area contributed by atoms with E-state index >= 15 is 0 Å². The Bertz CT molecular complexity index is 596. The van der Waals surface area contributed by atoms with Gasteiger partial charge in [-0.1, -0.05) is 20.3 Å². The minimum absolute atomic E-state index is 0.261. The SMILES string of the molecule is CCC(C)COc1cc(C(=O)n2ccnc2)ncc1OC. The lowest BCUT2D eigenvalue weighted by atomic mass is 10.1. The van der Waals surface area contributed by atoms with E-state index in [9.17, 15) is 4.79 Å². The Kier molecular flexibility index (Phi) is 4.92. The van der Waals surface area contributed by atoms with Gasteiger partial charge in [0, 0.05) is 18.5 Å². The van der Waals surface area contributed by atoms with Crippen molar-refractivity contribution in [2.24, 2.45) is 5.92 Å². The van der Waals surface area contributed by atoms with Crippen LogP contribution in [0.3, 0.4) is 0 Å². The lowest BCUT2D eigenvalue weighted by Crippen LogP contribution is -2.13. The molecule has 2 heterocycles. The molecule has 0 saturated heterocycles. The van der Waals surface area contributed by atoms with E-state index < -0.39 is 0 Å². The summed E-state index contributed by atoms with van der Waals surface area (Å²) in [6.07, 6.45) is 7.08. The number of imidazole rings is 1. The molecule has 0 aliphatic heterocycles. The van der Waals surface area contributed by atoms with Crippen molar-refractivity contribution in [3.8, 4) is 11.5 Å². The van der Waals surface area contributed by atoms with E-state index in [1.165, 1.54) is 17.1 Å². The molecule has 0 aliphatic rings. The third kappa shape index (κ3) is 3.59. The molecule has 2 aromatic heterocycles. The Morgan fingerprint density at radius 2 is 2.24 bits per heavy atom. The number of carbonyl (C=O) groups is 1. The van der Waals surface area contributed by atoms with E-state index in [0.29, 0.717) is 24.0 Å². The summed E-state index contributed by atoms with van der Waals surface area (Å²) in [7, 11) is 1.55. The number of carbonyl (C=O) groups excluding carboxylic acids is 1. The predicted molar refractivity (Wildman–Crippen MR) is 77.7 cm³/mol. The van der Waals surface area contributed by atoms with Gasteiger partial charge in [0.25, 0.3) is 5.91 Å². The van der Waals surface area contributed by atoms with Crippen LogP contribution in [0.4, 0.5) is 0 Å². The van der Waals surface area contributed by atoms with Gasteiger partial charge in [0.15, 0.2) is 11.5 Å². The number of hydrogen-bond acceptors (Lipinski definition) is 5. The molecule has 6 heteroatoms. The van der Waals surface area contributed by atoms with Crippen LogP contribution >= 0.6 is 0 Å². The molecule has 1 unspecified atom stereocenters. The number of methoxy groups -OCH3 is 1. The zero-order chi connectivity index (χ0) is 15.2. The van der Waals surface area contributed by atoms with Gasteiger partial charge in [-0.2, -0.15) is 0 Å². The highest BCUT2D eigenvalue weighted by molar-refractivity contribution is 5.94. The second-order valence-electron chi connectivity index (χ2n) is 4.82. The molecule has 0 aromatic carbocycles. The molecule has 0 spiro atoms. The molecule has 6 nitrogen and oxygen atoms in total. The average molecular weight is 289 g/mol. The fourth-order valence-corrected chi connectivity index (χ4v) is 1.67. The van der Waals surface area contributed by atoms with Gasteiger partial charge in [-0.05, 0) is 5.92 Å². The largest absolute Gasteiger partial charge is 0.491 e. The molecule has 1 atom stereocenters. The Labute approximate surface area is 123 Å². The first-order chi connectivity index (χ1) is 10.2. The van der Waals surface area contributed by atoms with Gasteiger partial charge in [0.2, 0.25) is 0 Å². The van der Waals surface area contributed by atoms with Crippen molar-refractivity contribution in [2.45, 2.75) is 20.3 Å². The van der Waals surface area contributed by atoms with Gasteiger partial charge in [-0.3, -0.25) is 9.36 Å². The zero-order valence-electron chi connectivity index (χ0n) is 12.4. The van der Waals surface area contributed by atoms with Gasteiger partial charge >= 0.3 is 0 Å². The molecule has 0 bridgehead atoms. The average Bonchev–Trinajstić information content (AvgIpc) is 3.05. The van der Waals surface area contributed by atoms with Crippen molar-refractivity contribution in [1.82, 2.24) is 14.5 Å². The molecule has 21 heavy (non-hydrogen) atoms. The van der Waals surface area contributed by atoms with Gasteiger partial charge in [0.05, 0.1) is 19.9 Å². The monoisotopic (exact) mass is 289 g/mol. The third-order valence-electron chi connectivity index (χ3n) is 3.23. The van der Waals surface area contributed by atoms with Gasteiger partial charge in [-0.15, -0.1) is 0 Å². The molecule has 0 radical (unpaired) electrons. The Hall–Kier alpha value is -2.37. The summed E-state index contributed by atoms with van der Waals surface area (Å²) < 4.78 is 12.3. The standard InChI is InChI=1S/C15H19N3O3/c1-4-11(2)9-21-13-7-12(17-8-14(13)20-3)15(19)18-6-5-16-10-18/h5-8,10-11H,4,9H2,1-3H3. The predicted octanol–water partition coefficient (Wildman–Crippen LogP) is 2.40. The van der Waals surface area contributed by atoms with Crippen molar-refractivity contribution in [3.63, 3.8) is 0 Å².